The summed E-state index contributed by atoms with van der Waals surface area (Å²) < 4.78 is 38.2. The van der Waals surface area contributed by atoms with E-state index >= 15 is 0 Å². The van der Waals surface area contributed by atoms with Crippen LogP contribution in [0.15, 0.2) is 12.7 Å². The van der Waals surface area contributed by atoms with Crippen LogP contribution >= 0.6 is 0 Å². The summed E-state index contributed by atoms with van der Waals surface area (Å²) in [6.45, 7) is 18.2. The number of sulfonamides is 1. The zero-order valence-corrected chi connectivity index (χ0v) is 28.4. The van der Waals surface area contributed by atoms with E-state index in [2.05, 4.69) is 21.9 Å². The Morgan fingerprint density at radius 2 is 1.67 bits per heavy atom. The van der Waals surface area contributed by atoms with Gasteiger partial charge in [0.1, 0.15) is 29.3 Å². The molecule has 0 aromatic heterocycles. The van der Waals surface area contributed by atoms with Crippen LogP contribution in [0.1, 0.15) is 81.1 Å². The highest BCUT2D eigenvalue weighted by Crippen LogP contribution is 2.45. The quantitative estimate of drug-likeness (QED) is 0.281. The molecule has 3 aliphatic rings. The number of hydrogen-bond donors (Lipinski definition) is 3. The highest BCUT2D eigenvalue weighted by Gasteiger charge is 2.62. The number of alkyl carbamates (subject to hydrolysis) is 1. The van der Waals surface area contributed by atoms with E-state index in [0.29, 0.717) is 25.9 Å². The summed E-state index contributed by atoms with van der Waals surface area (Å²) in [5, 5.41) is 4.69. The molecule has 1 heterocycles. The second-order valence-electron chi connectivity index (χ2n) is 14.0. The Morgan fingerprint density at radius 1 is 1.07 bits per heavy atom. The van der Waals surface area contributed by atoms with Gasteiger partial charge in [0.25, 0.3) is 5.91 Å². The van der Waals surface area contributed by atoms with Crippen molar-refractivity contribution in [2.24, 2.45) is 11.3 Å². The van der Waals surface area contributed by atoms with Crippen molar-refractivity contribution in [3.8, 4) is 0 Å². The fourth-order valence-electron chi connectivity index (χ4n) is 5.33. The Balaban J connectivity index is 1.90. The third-order valence-corrected chi connectivity index (χ3v) is 9.98. The fraction of sp³-hybridized carbons (Fsp3) is 0.767. The molecule has 15 heteroatoms. The first-order valence-electron chi connectivity index (χ1n) is 15.4. The van der Waals surface area contributed by atoms with Crippen molar-refractivity contribution >= 4 is 39.9 Å². The van der Waals surface area contributed by atoms with Crippen LogP contribution in [0.25, 0.3) is 0 Å². The van der Waals surface area contributed by atoms with Gasteiger partial charge in [-0.3, -0.25) is 19.1 Å². The van der Waals surface area contributed by atoms with E-state index in [9.17, 15) is 32.4 Å². The molecule has 0 aromatic rings. The first-order chi connectivity index (χ1) is 20.7. The monoisotopic (exact) mass is 655 g/mol. The normalized spacial score (nSPS) is 25.4. The molecule has 1 saturated heterocycles. The summed E-state index contributed by atoms with van der Waals surface area (Å²) in [4.78, 5) is 69.6. The molecule has 254 valence electrons. The minimum Gasteiger partial charge on any atom is -0.444 e. The van der Waals surface area contributed by atoms with Gasteiger partial charge in [0, 0.05) is 25.4 Å². The zero-order valence-electron chi connectivity index (χ0n) is 27.6. The summed E-state index contributed by atoms with van der Waals surface area (Å²) in [5.74, 6) is -2.74. The topological polar surface area (TPSA) is 181 Å². The van der Waals surface area contributed by atoms with Gasteiger partial charge in [-0.25, -0.2) is 18.0 Å². The van der Waals surface area contributed by atoms with Gasteiger partial charge >= 0.3 is 12.2 Å². The van der Waals surface area contributed by atoms with Crippen molar-refractivity contribution in [2.75, 3.05) is 19.6 Å². The summed E-state index contributed by atoms with van der Waals surface area (Å²) >= 11 is 0. The van der Waals surface area contributed by atoms with Crippen molar-refractivity contribution in [1.82, 2.24) is 25.2 Å². The van der Waals surface area contributed by atoms with E-state index in [1.54, 1.807) is 55.4 Å². The molecule has 0 bridgehead atoms. The highest BCUT2D eigenvalue weighted by atomic mass is 32.2. The first kappa shape index (κ1) is 36.1. The summed E-state index contributed by atoms with van der Waals surface area (Å²) in [5.41, 5.74) is -3.22. The third kappa shape index (κ3) is 8.67. The molecule has 0 spiro atoms. The number of rotatable bonds is 11. The van der Waals surface area contributed by atoms with E-state index in [-0.39, 0.29) is 19.4 Å². The van der Waals surface area contributed by atoms with E-state index in [1.165, 1.54) is 15.9 Å². The molecule has 3 fully saturated rings. The number of carbonyl (C=O) groups is 5. The van der Waals surface area contributed by atoms with Crippen LogP contribution in [0.2, 0.25) is 0 Å². The minimum atomic E-state index is -3.89. The average molecular weight is 656 g/mol. The molecule has 1 unspecified atom stereocenters. The maximum absolute atomic E-state index is 14.1. The van der Waals surface area contributed by atoms with Crippen LogP contribution in [-0.4, -0.2) is 102 Å². The van der Waals surface area contributed by atoms with E-state index in [1.807, 2.05) is 0 Å². The van der Waals surface area contributed by atoms with Gasteiger partial charge in [-0.05, 0) is 59.3 Å². The molecule has 2 saturated carbocycles. The summed E-state index contributed by atoms with van der Waals surface area (Å²) in [6, 6.07) is -2.34. The maximum Gasteiger partial charge on any atom is 0.410 e. The van der Waals surface area contributed by atoms with Gasteiger partial charge in [-0.2, -0.15) is 0 Å². The number of ether oxygens (including phenoxy) is 2. The summed E-state index contributed by atoms with van der Waals surface area (Å²) in [6.07, 6.45) is 0.126. The molecule has 1 aliphatic heterocycles. The lowest BCUT2D eigenvalue weighted by Crippen LogP contribution is -2.60. The standard InChI is InChI=1S/C30H49N5O9S/c1-10-18-16-30(18,25(38)33-45(41,42)20-13-14-20)32-23(36)21-15-19(43-27(40)34(11-2)12-3)17-35(21)24(37)22(28(4,5)6)31-26(39)44-29(7,8)9/h10,18-22H,1,11-17H2,2-9H3,(H,31,39)(H,32,36)(H,33,38)/t18?,19-,21+,22-,30-/m1/s1. The number of nitrogens with one attached hydrogen (secondary N) is 3. The van der Waals surface area contributed by atoms with Gasteiger partial charge in [0.05, 0.1) is 11.8 Å². The van der Waals surface area contributed by atoms with Gasteiger partial charge < -0.3 is 29.9 Å². The van der Waals surface area contributed by atoms with Gasteiger partial charge in [-0.15, -0.1) is 6.58 Å². The second kappa shape index (κ2) is 13.2. The molecule has 0 radical (unpaired) electrons. The predicted molar refractivity (Wildman–Crippen MR) is 165 cm³/mol. The first-order valence-corrected chi connectivity index (χ1v) is 17.0. The van der Waals surface area contributed by atoms with Gasteiger partial charge in [0.15, 0.2) is 0 Å². The largest absolute Gasteiger partial charge is 0.444 e. The third-order valence-electron chi connectivity index (χ3n) is 8.16. The van der Waals surface area contributed by atoms with E-state index < -0.39 is 85.8 Å². The van der Waals surface area contributed by atoms with Gasteiger partial charge in [0.2, 0.25) is 21.8 Å². The molecule has 2 aliphatic carbocycles. The van der Waals surface area contributed by atoms with Crippen LogP contribution in [0.4, 0.5) is 9.59 Å². The predicted octanol–water partition coefficient (Wildman–Crippen LogP) is 2.04. The number of nitrogens with zero attached hydrogens (tertiary/aromatic N) is 2. The molecular weight excluding hydrogens is 606 g/mol. The maximum atomic E-state index is 14.1. The SMILES string of the molecule is C=CC1C[C@]1(NC(=O)[C@@H]1C[C@@H](OC(=O)N(CC)CC)CN1C(=O)[C@@H](NC(=O)OC(C)(C)C)C(C)(C)C)C(=O)NS(=O)(=O)C1CC1. The number of likely N-dealkylation sites (tertiary alicyclic amines) is 1. The van der Waals surface area contributed by atoms with Crippen molar-refractivity contribution in [2.45, 2.75) is 116 Å². The Bertz CT molecular complexity index is 1300. The Kier molecular flexibility index (Phi) is 10.6. The lowest BCUT2D eigenvalue weighted by molar-refractivity contribution is -0.143. The zero-order chi connectivity index (χ0) is 34.1. The van der Waals surface area contributed by atoms with Crippen molar-refractivity contribution in [1.29, 1.82) is 0 Å². The van der Waals surface area contributed by atoms with Crippen molar-refractivity contribution in [3.63, 3.8) is 0 Å². The molecule has 3 rings (SSSR count). The van der Waals surface area contributed by atoms with Gasteiger partial charge in [-0.1, -0.05) is 26.8 Å². The fourth-order valence-corrected chi connectivity index (χ4v) is 6.70. The number of carbonyl (C=O) groups excluding carboxylic acids is 5. The molecule has 14 nitrogen and oxygen atoms in total. The Hall–Kier alpha value is -3.36. The average Bonchev–Trinajstić information content (AvgIpc) is 3.83. The van der Waals surface area contributed by atoms with E-state index in [0.717, 1.165) is 0 Å². The van der Waals surface area contributed by atoms with E-state index in [4.69, 9.17) is 9.47 Å². The van der Waals surface area contributed by atoms with Crippen molar-refractivity contribution in [3.05, 3.63) is 12.7 Å². The molecule has 45 heavy (non-hydrogen) atoms. The molecule has 5 atom stereocenters. The highest BCUT2D eigenvalue weighted by molar-refractivity contribution is 7.91. The van der Waals surface area contributed by atoms with Crippen molar-refractivity contribution < 1.29 is 41.9 Å². The number of hydrogen-bond acceptors (Lipinski definition) is 9. The lowest BCUT2D eigenvalue weighted by Gasteiger charge is -2.36. The smallest absolute Gasteiger partial charge is 0.410 e. The Morgan fingerprint density at radius 3 is 2.13 bits per heavy atom. The number of amides is 5. The molecule has 0 aromatic carbocycles. The van der Waals surface area contributed by atoms with Crippen LogP contribution in [0.3, 0.4) is 0 Å². The molecule has 5 amide bonds. The molecule has 3 N–H and O–H groups in total. The Labute approximate surface area is 266 Å². The molecular formula is C30H49N5O9S. The van der Waals surface area contributed by atoms with Crippen LogP contribution in [0, 0.1) is 11.3 Å². The second-order valence-corrected chi connectivity index (χ2v) is 16.0. The van der Waals surface area contributed by atoms with Crippen LogP contribution < -0.4 is 15.4 Å². The summed E-state index contributed by atoms with van der Waals surface area (Å²) in [7, 11) is -3.89. The van der Waals surface area contributed by atoms with Crippen LogP contribution in [-0.2, 0) is 33.9 Å². The lowest BCUT2D eigenvalue weighted by atomic mass is 9.85. The van der Waals surface area contributed by atoms with Crippen LogP contribution in [0.5, 0.6) is 0 Å². The minimum absolute atomic E-state index is 0.0787.